The normalized spacial score (nSPS) is 21.1. The third-order valence-corrected chi connectivity index (χ3v) is 4.88. The molecule has 0 bridgehead atoms. The van der Waals surface area contributed by atoms with Crippen molar-refractivity contribution in [1.29, 1.82) is 0 Å². The monoisotopic (exact) mass is 316 g/mol. The van der Waals surface area contributed by atoms with Crippen molar-refractivity contribution >= 4 is 17.5 Å². The number of anilines is 1. The van der Waals surface area contributed by atoms with Crippen molar-refractivity contribution in [3.8, 4) is 0 Å². The molecule has 4 nitrogen and oxygen atoms in total. The van der Waals surface area contributed by atoms with Gasteiger partial charge in [0.25, 0.3) is 0 Å². The molecule has 23 heavy (non-hydrogen) atoms. The molecule has 0 saturated carbocycles. The molecule has 0 aromatic heterocycles. The summed E-state index contributed by atoms with van der Waals surface area (Å²) in [7, 11) is 0. The highest BCUT2D eigenvalue weighted by molar-refractivity contribution is 6.07. The van der Waals surface area contributed by atoms with Gasteiger partial charge in [-0.05, 0) is 56.7 Å². The molecule has 1 unspecified atom stereocenters. The topological polar surface area (TPSA) is 49.4 Å². The lowest BCUT2D eigenvalue weighted by molar-refractivity contribution is -0.127. The number of carbonyl (C=O) groups excluding carboxylic acids is 2. The lowest BCUT2D eigenvalue weighted by Crippen LogP contribution is -2.55. The minimum absolute atomic E-state index is 0.0280. The van der Waals surface area contributed by atoms with Gasteiger partial charge in [0, 0.05) is 18.7 Å². The van der Waals surface area contributed by atoms with Gasteiger partial charge in [0.2, 0.25) is 11.8 Å². The summed E-state index contributed by atoms with van der Waals surface area (Å²) >= 11 is 0. The van der Waals surface area contributed by atoms with Crippen LogP contribution in [0.3, 0.4) is 0 Å². The van der Waals surface area contributed by atoms with Gasteiger partial charge in [-0.1, -0.05) is 26.0 Å². The van der Waals surface area contributed by atoms with Crippen LogP contribution in [-0.4, -0.2) is 23.9 Å². The average molecular weight is 316 g/mol. The minimum atomic E-state index is -0.799. The quantitative estimate of drug-likeness (QED) is 0.905. The number of benzene rings is 1. The van der Waals surface area contributed by atoms with Crippen LogP contribution >= 0.6 is 0 Å². The number of amides is 2. The molecule has 126 valence electrons. The molecular weight excluding hydrogens is 288 g/mol. The van der Waals surface area contributed by atoms with E-state index < -0.39 is 5.54 Å². The largest absolute Gasteiger partial charge is 0.354 e. The van der Waals surface area contributed by atoms with E-state index in [4.69, 9.17) is 0 Å². The van der Waals surface area contributed by atoms with Crippen LogP contribution in [0.15, 0.2) is 18.2 Å². The number of nitrogens with zero attached hydrogens (tertiary/aromatic N) is 1. The Morgan fingerprint density at radius 1 is 1.35 bits per heavy atom. The Hall–Kier alpha value is -1.84. The van der Waals surface area contributed by atoms with Gasteiger partial charge in [-0.15, -0.1) is 0 Å². The third kappa shape index (κ3) is 3.41. The molecule has 1 aromatic carbocycles. The fourth-order valence-corrected chi connectivity index (χ4v) is 3.11. The van der Waals surface area contributed by atoms with E-state index in [0.29, 0.717) is 25.3 Å². The maximum Gasteiger partial charge on any atom is 0.246 e. The summed E-state index contributed by atoms with van der Waals surface area (Å²) in [6.07, 6.45) is 1.92. The molecule has 2 rings (SSSR count). The van der Waals surface area contributed by atoms with Crippen molar-refractivity contribution in [2.24, 2.45) is 5.92 Å². The zero-order valence-electron chi connectivity index (χ0n) is 14.9. The highest BCUT2D eigenvalue weighted by Crippen LogP contribution is 2.37. The van der Waals surface area contributed by atoms with Crippen molar-refractivity contribution in [2.75, 3.05) is 11.4 Å². The van der Waals surface area contributed by atoms with Gasteiger partial charge >= 0.3 is 0 Å². The molecule has 0 aliphatic carbocycles. The van der Waals surface area contributed by atoms with Gasteiger partial charge in [-0.2, -0.15) is 0 Å². The first-order chi connectivity index (χ1) is 10.8. The third-order valence-electron chi connectivity index (χ3n) is 4.88. The van der Waals surface area contributed by atoms with Crippen molar-refractivity contribution in [3.63, 3.8) is 0 Å². The van der Waals surface area contributed by atoms with Gasteiger partial charge in [0.15, 0.2) is 0 Å². The number of carbonyl (C=O) groups is 2. The molecule has 1 aliphatic rings. The first-order valence-electron chi connectivity index (χ1n) is 8.45. The number of rotatable bonds is 5. The van der Waals surface area contributed by atoms with Gasteiger partial charge < -0.3 is 5.32 Å². The minimum Gasteiger partial charge on any atom is -0.354 e. The summed E-state index contributed by atoms with van der Waals surface area (Å²) in [6, 6.07) is 5.91. The zero-order valence-corrected chi connectivity index (χ0v) is 14.9. The Balaban J connectivity index is 2.27. The van der Waals surface area contributed by atoms with Crippen LogP contribution in [0.5, 0.6) is 0 Å². The van der Waals surface area contributed by atoms with Crippen LogP contribution in [0.1, 0.15) is 51.2 Å². The molecule has 0 spiro atoms. The molecule has 1 aliphatic heterocycles. The van der Waals surface area contributed by atoms with E-state index in [1.54, 1.807) is 4.90 Å². The Bertz CT molecular complexity index is 609. The van der Waals surface area contributed by atoms with Crippen molar-refractivity contribution in [2.45, 2.75) is 59.4 Å². The van der Waals surface area contributed by atoms with E-state index in [1.807, 2.05) is 39.0 Å². The second-order valence-corrected chi connectivity index (χ2v) is 7.16. The second-order valence-electron chi connectivity index (χ2n) is 7.16. The summed E-state index contributed by atoms with van der Waals surface area (Å²) < 4.78 is 0. The SMILES string of the molecule is Cc1cccc(N2C(=O)CCC2(C)C(=O)NCCC(C)C)c1C. The van der Waals surface area contributed by atoms with E-state index in [2.05, 4.69) is 19.2 Å². The van der Waals surface area contributed by atoms with Crippen LogP contribution in [0, 0.1) is 19.8 Å². The summed E-state index contributed by atoms with van der Waals surface area (Å²) in [5.74, 6) is 0.522. The van der Waals surface area contributed by atoms with E-state index in [9.17, 15) is 9.59 Å². The van der Waals surface area contributed by atoms with E-state index >= 15 is 0 Å². The Morgan fingerprint density at radius 3 is 2.70 bits per heavy atom. The standard InChI is InChI=1S/C19H28N2O2/c1-13(2)10-12-20-18(23)19(5)11-9-17(22)21(19)16-8-6-7-14(3)15(16)4/h6-8,13H,9-12H2,1-5H3,(H,20,23). The number of hydrogen-bond acceptors (Lipinski definition) is 2. The summed E-state index contributed by atoms with van der Waals surface area (Å²) in [5, 5.41) is 3.02. The molecule has 4 heteroatoms. The van der Waals surface area contributed by atoms with Gasteiger partial charge in [-0.3, -0.25) is 14.5 Å². The number of aryl methyl sites for hydroxylation is 1. The Morgan fingerprint density at radius 2 is 2.04 bits per heavy atom. The van der Waals surface area contributed by atoms with Crippen molar-refractivity contribution < 1.29 is 9.59 Å². The number of nitrogens with one attached hydrogen (secondary N) is 1. The molecule has 2 amide bonds. The van der Waals surface area contributed by atoms with E-state index in [1.165, 1.54) is 0 Å². The second kappa shape index (κ2) is 6.73. The molecule has 1 atom stereocenters. The summed E-state index contributed by atoms with van der Waals surface area (Å²) in [4.78, 5) is 27.0. The van der Waals surface area contributed by atoms with E-state index in [0.717, 1.165) is 23.2 Å². The van der Waals surface area contributed by atoms with Gasteiger partial charge in [0.1, 0.15) is 5.54 Å². The lowest BCUT2D eigenvalue weighted by atomic mass is 9.95. The van der Waals surface area contributed by atoms with Gasteiger partial charge in [-0.25, -0.2) is 0 Å². The van der Waals surface area contributed by atoms with Crippen molar-refractivity contribution in [1.82, 2.24) is 5.32 Å². The Kier molecular flexibility index (Phi) is 5.12. The Labute approximate surface area is 139 Å². The highest BCUT2D eigenvalue weighted by Gasteiger charge is 2.48. The van der Waals surface area contributed by atoms with Crippen LogP contribution < -0.4 is 10.2 Å². The smallest absolute Gasteiger partial charge is 0.246 e. The van der Waals surface area contributed by atoms with Crippen molar-refractivity contribution in [3.05, 3.63) is 29.3 Å². The molecular formula is C19H28N2O2. The average Bonchev–Trinajstić information content (AvgIpc) is 2.78. The molecule has 1 N–H and O–H groups in total. The summed E-state index contributed by atoms with van der Waals surface area (Å²) in [5.41, 5.74) is 2.25. The first kappa shape index (κ1) is 17.5. The molecule has 1 heterocycles. The molecule has 1 saturated heterocycles. The lowest BCUT2D eigenvalue weighted by Gasteiger charge is -2.35. The van der Waals surface area contributed by atoms with Crippen LogP contribution in [-0.2, 0) is 9.59 Å². The molecule has 1 fully saturated rings. The predicted molar refractivity (Wildman–Crippen MR) is 93.5 cm³/mol. The fourth-order valence-electron chi connectivity index (χ4n) is 3.11. The molecule has 1 aromatic rings. The zero-order chi connectivity index (χ0) is 17.2. The first-order valence-corrected chi connectivity index (χ1v) is 8.45. The maximum atomic E-state index is 12.8. The summed E-state index contributed by atoms with van der Waals surface area (Å²) in [6.45, 7) is 10.8. The predicted octanol–water partition coefficient (Wildman–Crippen LogP) is 3.35. The maximum absolute atomic E-state index is 12.8. The van der Waals surface area contributed by atoms with Crippen LogP contribution in [0.4, 0.5) is 5.69 Å². The van der Waals surface area contributed by atoms with Crippen LogP contribution in [0.25, 0.3) is 0 Å². The molecule has 0 radical (unpaired) electrons. The fraction of sp³-hybridized carbons (Fsp3) is 0.579. The van der Waals surface area contributed by atoms with E-state index in [-0.39, 0.29) is 11.8 Å². The number of hydrogen-bond donors (Lipinski definition) is 1. The van der Waals surface area contributed by atoms with Gasteiger partial charge in [0.05, 0.1) is 0 Å². The highest BCUT2D eigenvalue weighted by atomic mass is 16.2. The van der Waals surface area contributed by atoms with Crippen LogP contribution in [0.2, 0.25) is 0 Å².